The third-order valence-electron chi connectivity index (χ3n) is 7.91. The van der Waals surface area contributed by atoms with Crippen molar-refractivity contribution in [3.63, 3.8) is 0 Å². The fourth-order valence-electron chi connectivity index (χ4n) is 6.10. The number of nitrogens with zero attached hydrogens (tertiary/aromatic N) is 1. The van der Waals surface area contributed by atoms with Gasteiger partial charge in [0, 0.05) is 18.0 Å². The van der Waals surface area contributed by atoms with Gasteiger partial charge in [0.05, 0.1) is 23.9 Å². The summed E-state index contributed by atoms with van der Waals surface area (Å²) in [5.41, 5.74) is 7.50. The van der Waals surface area contributed by atoms with E-state index in [0.717, 1.165) is 0 Å². The molecule has 3 aliphatic rings. The van der Waals surface area contributed by atoms with Crippen LogP contribution in [0.1, 0.15) is 48.7 Å². The monoisotopic (exact) mass is 572 g/mol. The number of hydrogen-bond acceptors (Lipinski definition) is 11. The zero-order valence-corrected chi connectivity index (χ0v) is 23.6. The quantitative estimate of drug-likeness (QED) is 0.196. The number of phenols is 1. The first-order valence-electron chi connectivity index (χ1n) is 13.1. The molecule has 1 aromatic carbocycles. The molecule has 0 aliphatic heterocycles. The van der Waals surface area contributed by atoms with Crippen molar-refractivity contribution in [3.05, 3.63) is 45.4 Å². The second kappa shape index (κ2) is 10.2. The third-order valence-corrected chi connectivity index (χ3v) is 7.91. The van der Waals surface area contributed by atoms with E-state index in [1.165, 1.54) is 11.0 Å². The highest BCUT2D eigenvalue weighted by molar-refractivity contribution is 6.25. The average molecular weight is 573 g/mol. The Morgan fingerprint density at radius 2 is 1.83 bits per heavy atom. The lowest BCUT2D eigenvalue weighted by Crippen LogP contribution is -2.63. The number of allylic oxidation sites excluding steroid dienone is 1. The van der Waals surface area contributed by atoms with Crippen LogP contribution in [0.5, 0.6) is 5.75 Å². The number of primary amides is 1. The molecule has 9 N–H and O–H groups in total. The summed E-state index contributed by atoms with van der Waals surface area (Å²) in [6, 6.07) is 0.349. The second-order valence-corrected chi connectivity index (χ2v) is 12.2. The molecule has 13 heteroatoms. The van der Waals surface area contributed by atoms with Crippen molar-refractivity contribution in [2.45, 2.75) is 51.8 Å². The van der Waals surface area contributed by atoms with Crippen molar-refractivity contribution in [2.24, 2.45) is 28.7 Å². The predicted molar refractivity (Wildman–Crippen MR) is 146 cm³/mol. The van der Waals surface area contributed by atoms with E-state index < -0.39 is 69.9 Å². The summed E-state index contributed by atoms with van der Waals surface area (Å²) < 4.78 is 5.20. The van der Waals surface area contributed by atoms with E-state index in [-0.39, 0.29) is 48.2 Å². The Balaban J connectivity index is 1.85. The number of ketones is 2. The third kappa shape index (κ3) is 4.73. The number of hydrogen-bond donors (Lipinski definition) is 7. The number of amides is 2. The lowest BCUT2D eigenvalue weighted by Gasteiger charge is -2.50. The number of fused-ring (bicyclic) bond motifs is 3. The summed E-state index contributed by atoms with van der Waals surface area (Å²) in [6.07, 6.45) is -0.830. The van der Waals surface area contributed by atoms with Crippen LogP contribution in [0.2, 0.25) is 0 Å². The molecule has 3 aliphatic carbocycles. The molecule has 41 heavy (non-hydrogen) atoms. The molecule has 2 amide bonds. The number of nitrogens with two attached hydrogens (primary N) is 2. The molecule has 0 unspecified atom stereocenters. The highest BCUT2D eigenvalue weighted by atomic mass is 16.5. The van der Waals surface area contributed by atoms with Gasteiger partial charge >= 0.3 is 6.09 Å². The Morgan fingerprint density at radius 1 is 1.20 bits per heavy atom. The summed E-state index contributed by atoms with van der Waals surface area (Å²) >= 11 is 0. The molecule has 0 spiro atoms. The van der Waals surface area contributed by atoms with E-state index in [1.54, 1.807) is 14.1 Å². The van der Waals surface area contributed by atoms with E-state index in [0.29, 0.717) is 11.1 Å². The van der Waals surface area contributed by atoms with Gasteiger partial charge < -0.3 is 36.6 Å². The van der Waals surface area contributed by atoms with Gasteiger partial charge in [0.15, 0.2) is 17.1 Å². The summed E-state index contributed by atoms with van der Waals surface area (Å²) in [7, 11) is 3.11. The first-order chi connectivity index (χ1) is 18.9. The van der Waals surface area contributed by atoms with E-state index in [4.69, 9.17) is 16.2 Å². The Bertz CT molecular complexity index is 1420. The van der Waals surface area contributed by atoms with Crippen LogP contribution in [0.4, 0.5) is 10.5 Å². The van der Waals surface area contributed by atoms with Crippen LogP contribution in [0.3, 0.4) is 0 Å². The Labute approximate surface area is 236 Å². The van der Waals surface area contributed by atoms with E-state index >= 15 is 0 Å². The van der Waals surface area contributed by atoms with Crippen molar-refractivity contribution >= 4 is 29.3 Å². The second-order valence-electron chi connectivity index (χ2n) is 12.2. The number of aliphatic hydroxyl groups is 3. The normalized spacial score (nSPS) is 26.0. The SMILES string of the molecule is CN(C)[C@H]1C(O)=C(C(N)=O)C(=O)[C@@]2(O)C(O)=C3C(=O)c4c(O)c(NC(=O)OCC(C)(C)C)cc(CN)c4C[C@H]3C[C@@H]12. The lowest BCUT2D eigenvalue weighted by atomic mass is 9.58. The Hall–Kier alpha value is -3.94. The van der Waals surface area contributed by atoms with Gasteiger partial charge in [-0.3, -0.25) is 24.6 Å². The number of rotatable bonds is 5. The number of likely N-dealkylation sites (N-methyl/N-ethyl adjacent to an activating group) is 1. The van der Waals surface area contributed by atoms with Crippen LogP contribution in [0.15, 0.2) is 28.7 Å². The van der Waals surface area contributed by atoms with Crippen LogP contribution >= 0.6 is 0 Å². The molecule has 0 saturated heterocycles. The zero-order valence-electron chi connectivity index (χ0n) is 23.6. The molecule has 13 nitrogen and oxygen atoms in total. The molecule has 0 bridgehead atoms. The minimum Gasteiger partial charge on any atom is -0.510 e. The first kappa shape index (κ1) is 30.0. The minimum atomic E-state index is -2.75. The Kier molecular flexibility index (Phi) is 7.44. The van der Waals surface area contributed by atoms with Gasteiger partial charge in [-0.05, 0) is 55.5 Å². The standard InChI is InChI=1S/C28H36N4O9/c1-27(2,3)10-41-26(39)31-15-8-12(9-29)13-6-11-7-14-19(32(4)5)22(35)18(25(30)38)24(37)28(14,40)23(36)16(11)21(34)17(13)20(15)33/h8,11,14,19,33,35-36,40H,6-7,9-10,29H2,1-5H3,(H2,30,38)(H,31,39)/t11-,14-,19+,28-/m0/s1. The molecule has 0 saturated carbocycles. The maximum atomic E-state index is 13.9. The molecule has 0 aromatic heterocycles. The van der Waals surface area contributed by atoms with E-state index in [9.17, 15) is 39.6 Å². The zero-order chi connectivity index (χ0) is 30.8. The van der Waals surface area contributed by atoms with E-state index in [1.807, 2.05) is 20.8 Å². The van der Waals surface area contributed by atoms with Gasteiger partial charge in [-0.25, -0.2) is 4.79 Å². The van der Waals surface area contributed by atoms with Crippen molar-refractivity contribution in [2.75, 3.05) is 26.0 Å². The molecule has 0 fully saturated rings. The van der Waals surface area contributed by atoms with Crippen molar-refractivity contribution in [3.8, 4) is 5.75 Å². The number of aromatic hydroxyl groups is 1. The summed E-state index contributed by atoms with van der Waals surface area (Å²) in [5, 5.41) is 47.5. The molecule has 4 rings (SSSR count). The van der Waals surface area contributed by atoms with Gasteiger partial charge in [-0.15, -0.1) is 0 Å². The summed E-state index contributed by atoms with van der Waals surface area (Å²) in [6.45, 7) is 5.61. The highest BCUT2D eigenvalue weighted by Gasteiger charge is 2.63. The summed E-state index contributed by atoms with van der Waals surface area (Å²) in [5.74, 6) is -7.59. The molecule has 0 radical (unpaired) electrons. The van der Waals surface area contributed by atoms with Crippen LogP contribution in [-0.4, -0.2) is 81.2 Å². The smallest absolute Gasteiger partial charge is 0.411 e. The van der Waals surface area contributed by atoms with Gasteiger partial charge in [0.25, 0.3) is 5.91 Å². The number of ether oxygens (including phenoxy) is 1. The molecule has 0 heterocycles. The van der Waals surface area contributed by atoms with Gasteiger partial charge in [0.1, 0.15) is 17.1 Å². The topological polar surface area (TPSA) is 226 Å². The van der Waals surface area contributed by atoms with Gasteiger partial charge in [-0.1, -0.05) is 20.8 Å². The predicted octanol–water partition coefficient (Wildman–Crippen LogP) is 1.17. The largest absolute Gasteiger partial charge is 0.510 e. The number of Topliss-reactive ketones (excluding diaryl/α,β-unsaturated/α-hetero) is 2. The number of nitrogens with one attached hydrogen (secondary N) is 1. The average Bonchev–Trinajstić information content (AvgIpc) is 2.85. The molecular weight excluding hydrogens is 536 g/mol. The number of phenolic OH excluding ortho intramolecular Hbond substituents is 1. The molecule has 1 aromatic rings. The van der Waals surface area contributed by atoms with Crippen LogP contribution < -0.4 is 16.8 Å². The fourth-order valence-corrected chi connectivity index (χ4v) is 6.10. The van der Waals surface area contributed by atoms with Crippen molar-refractivity contribution in [1.82, 2.24) is 4.90 Å². The fraction of sp³-hybridized carbons (Fsp3) is 0.500. The maximum Gasteiger partial charge on any atom is 0.411 e. The van der Waals surface area contributed by atoms with Gasteiger partial charge in [0.2, 0.25) is 5.78 Å². The van der Waals surface area contributed by atoms with Gasteiger partial charge in [-0.2, -0.15) is 0 Å². The maximum absolute atomic E-state index is 13.9. The molecule has 4 atom stereocenters. The van der Waals surface area contributed by atoms with Crippen LogP contribution in [0, 0.1) is 17.3 Å². The number of aliphatic hydroxyl groups excluding tert-OH is 2. The number of benzene rings is 1. The van der Waals surface area contributed by atoms with Crippen LogP contribution in [0.25, 0.3) is 0 Å². The molecular formula is C28H36N4O9. The number of carbonyl (C=O) groups excluding carboxylic acids is 4. The molecule has 222 valence electrons. The minimum absolute atomic E-state index is 0.0460. The number of anilines is 1. The highest BCUT2D eigenvalue weighted by Crippen LogP contribution is 2.53. The van der Waals surface area contributed by atoms with Crippen molar-refractivity contribution < 1.29 is 44.3 Å². The summed E-state index contributed by atoms with van der Waals surface area (Å²) in [4.78, 5) is 53.3. The Morgan fingerprint density at radius 3 is 2.37 bits per heavy atom. The first-order valence-corrected chi connectivity index (χ1v) is 13.1. The van der Waals surface area contributed by atoms with E-state index in [2.05, 4.69) is 5.32 Å². The van der Waals surface area contributed by atoms with Crippen molar-refractivity contribution in [1.29, 1.82) is 0 Å². The van der Waals surface area contributed by atoms with Crippen LogP contribution in [-0.2, 0) is 27.3 Å². The lowest BCUT2D eigenvalue weighted by molar-refractivity contribution is -0.148. The number of carbonyl (C=O) groups is 4.